The zero-order valence-electron chi connectivity index (χ0n) is 15.6. The van der Waals surface area contributed by atoms with Crippen LogP contribution in [0.15, 0.2) is 55.1 Å². The third kappa shape index (κ3) is 4.56. The van der Waals surface area contributed by atoms with Crippen LogP contribution in [0.1, 0.15) is 27.9 Å². The highest BCUT2D eigenvalue weighted by Gasteiger charge is 2.24. The molecule has 140 valence electrons. The van der Waals surface area contributed by atoms with E-state index in [-0.39, 0.29) is 11.8 Å². The fraction of sp³-hybridized carbons (Fsp3) is 0.273. The molecule has 0 aromatic heterocycles. The third-order valence-electron chi connectivity index (χ3n) is 4.80. The van der Waals surface area contributed by atoms with Crippen molar-refractivity contribution in [3.63, 3.8) is 0 Å². The SMILES string of the molecule is C=Cc1ccc(C(=O)N2CCC(=O)N(Cc3ccc(OC)cc3)CC2)cc1. The summed E-state index contributed by atoms with van der Waals surface area (Å²) < 4.78 is 5.17. The average molecular weight is 364 g/mol. The number of methoxy groups -OCH3 is 1. The fourth-order valence-electron chi connectivity index (χ4n) is 3.13. The van der Waals surface area contributed by atoms with Crippen LogP contribution in [-0.4, -0.2) is 48.4 Å². The van der Waals surface area contributed by atoms with Gasteiger partial charge in [-0.15, -0.1) is 0 Å². The van der Waals surface area contributed by atoms with Crippen molar-refractivity contribution in [3.05, 3.63) is 71.8 Å². The van der Waals surface area contributed by atoms with Crippen LogP contribution in [0.4, 0.5) is 0 Å². The molecule has 1 saturated heterocycles. The predicted molar refractivity (Wildman–Crippen MR) is 105 cm³/mol. The molecule has 5 nitrogen and oxygen atoms in total. The molecular formula is C22H24N2O3. The highest BCUT2D eigenvalue weighted by Crippen LogP contribution is 2.16. The van der Waals surface area contributed by atoms with Gasteiger partial charge in [-0.2, -0.15) is 0 Å². The maximum atomic E-state index is 12.8. The summed E-state index contributed by atoms with van der Waals surface area (Å²) >= 11 is 0. The van der Waals surface area contributed by atoms with Crippen molar-refractivity contribution in [1.82, 2.24) is 9.80 Å². The second-order valence-electron chi connectivity index (χ2n) is 6.53. The van der Waals surface area contributed by atoms with Gasteiger partial charge in [-0.25, -0.2) is 0 Å². The Balaban J connectivity index is 1.64. The van der Waals surface area contributed by atoms with Gasteiger partial charge in [0, 0.05) is 38.2 Å². The molecule has 27 heavy (non-hydrogen) atoms. The van der Waals surface area contributed by atoms with E-state index in [4.69, 9.17) is 4.74 Å². The van der Waals surface area contributed by atoms with Crippen molar-refractivity contribution < 1.29 is 14.3 Å². The second kappa shape index (κ2) is 8.54. The van der Waals surface area contributed by atoms with E-state index in [1.807, 2.05) is 41.3 Å². The molecule has 1 heterocycles. The van der Waals surface area contributed by atoms with Gasteiger partial charge < -0.3 is 14.5 Å². The maximum absolute atomic E-state index is 12.8. The van der Waals surface area contributed by atoms with E-state index in [1.165, 1.54) is 0 Å². The smallest absolute Gasteiger partial charge is 0.253 e. The zero-order valence-corrected chi connectivity index (χ0v) is 15.6. The van der Waals surface area contributed by atoms with Crippen molar-refractivity contribution in [2.75, 3.05) is 26.7 Å². The highest BCUT2D eigenvalue weighted by molar-refractivity contribution is 5.95. The molecule has 0 aliphatic carbocycles. The van der Waals surface area contributed by atoms with Crippen LogP contribution in [-0.2, 0) is 11.3 Å². The van der Waals surface area contributed by atoms with Crippen molar-refractivity contribution in [2.24, 2.45) is 0 Å². The van der Waals surface area contributed by atoms with Crippen LogP contribution in [0, 0.1) is 0 Å². The minimum absolute atomic E-state index is 0.0373. The molecule has 0 N–H and O–H groups in total. The summed E-state index contributed by atoms with van der Waals surface area (Å²) in [5, 5.41) is 0. The molecule has 1 aliphatic heterocycles. The van der Waals surface area contributed by atoms with Crippen LogP contribution < -0.4 is 4.74 Å². The van der Waals surface area contributed by atoms with Gasteiger partial charge in [-0.3, -0.25) is 9.59 Å². The Morgan fingerprint density at radius 1 is 1.07 bits per heavy atom. The first kappa shape index (κ1) is 18.7. The lowest BCUT2D eigenvalue weighted by molar-refractivity contribution is -0.130. The first-order valence-electron chi connectivity index (χ1n) is 9.03. The third-order valence-corrected chi connectivity index (χ3v) is 4.80. The van der Waals surface area contributed by atoms with E-state index in [0.29, 0.717) is 38.2 Å². The molecule has 1 aliphatic rings. The maximum Gasteiger partial charge on any atom is 0.253 e. The lowest BCUT2D eigenvalue weighted by atomic mass is 10.1. The van der Waals surface area contributed by atoms with Gasteiger partial charge in [-0.1, -0.05) is 36.9 Å². The van der Waals surface area contributed by atoms with Crippen LogP contribution in [0.25, 0.3) is 6.08 Å². The van der Waals surface area contributed by atoms with Crippen LogP contribution in [0.5, 0.6) is 5.75 Å². The van der Waals surface area contributed by atoms with Crippen LogP contribution in [0.2, 0.25) is 0 Å². The van der Waals surface area contributed by atoms with Gasteiger partial charge in [0.05, 0.1) is 7.11 Å². The molecule has 0 bridgehead atoms. The monoisotopic (exact) mass is 364 g/mol. The van der Waals surface area contributed by atoms with Gasteiger partial charge in [-0.05, 0) is 35.4 Å². The molecule has 0 atom stereocenters. The molecule has 0 spiro atoms. The van der Waals surface area contributed by atoms with Crippen molar-refractivity contribution in [1.29, 1.82) is 0 Å². The number of amides is 2. The summed E-state index contributed by atoms with van der Waals surface area (Å²) in [6, 6.07) is 15.1. The molecular weight excluding hydrogens is 340 g/mol. The summed E-state index contributed by atoms with van der Waals surface area (Å²) in [7, 11) is 1.63. The highest BCUT2D eigenvalue weighted by atomic mass is 16.5. The van der Waals surface area contributed by atoms with Gasteiger partial charge in [0.15, 0.2) is 0 Å². The molecule has 2 aromatic carbocycles. The van der Waals surface area contributed by atoms with Gasteiger partial charge in [0.25, 0.3) is 5.91 Å². The number of hydrogen-bond acceptors (Lipinski definition) is 3. The Hall–Kier alpha value is -3.08. The van der Waals surface area contributed by atoms with E-state index in [0.717, 1.165) is 16.9 Å². The zero-order chi connectivity index (χ0) is 19.2. The predicted octanol–water partition coefficient (Wildman–Crippen LogP) is 3.21. The molecule has 1 fully saturated rings. The number of carbonyl (C=O) groups is 2. The van der Waals surface area contributed by atoms with E-state index < -0.39 is 0 Å². The largest absolute Gasteiger partial charge is 0.497 e. The topological polar surface area (TPSA) is 49.9 Å². The van der Waals surface area contributed by atoms with Crippen molar-refractivity contribution in [2.45, 2.75) is 13.0 Å². The fourth-order valence-corrected chi connectivity index (χ4v) is 3.13. The first-order valence-corrected chi connectivity index (χ1v) is 9.03. The first-order chi connectivity index (χ1) is 13.1. The number of carbonyl (C=O) groups excluding carboxylic acids is 2. The number of ether oxygens (including phenoxy) is 1. The van der Waals surface area contributed by atoms with Gasteiger partial charge in [0.2, 0.25) is 5.91 Å². The number of hydrogen-bond donors (Lipinski definition) is 0. The minimum Gasteiger partial charge on any atom is -0.497 e. The van der Waals surface area contributed by atoms with E-state index in [9.17, 15) is 9.59 Å². The Kier molecular flexibility index (Phi) is 5.91. The van der Waals surface area contributed by atoms with E-state index in [1.54, 1.807) is 30.2 Å². The summed E-state index contributed by atoms with van der Waals surface area (Å²) in [5.41, 5.74) is 2.66. The van der Waals surface area contributed by atoms with Gasteiger partial charge in [0.1, 0.15) is 5.75 Å². The Morgan fingerprint density at radius 2 is 1.78 bits per heavy atom. The molecule has 2 amide bonds. The minimum atomic E-state index is -0.0373. The van der Waals surface area contributed by atoms with E-state index in [2.05, 4.69) is 6.58 Å². The number of benzene rings is 2. The summed E-state index contributed by atoms with van der Waals surface area (Å²) in [6.07, 6.45) is 2.09. The number of nitrogens with zero attached hydrogens (tertiary/aromatic N) is 2. The normalized spacial score (nSPS) is 14.6. The summed E-state index contributed by atoms with van der Waals surface area (Å²) in [4.78, 5) is 28.8. The number of rotatable bonds is 5. The molecule has 0 unspecified atom stereocenters. The van der Waals surface area contributed by atoms with Crippen molar-refractivity contribution >= 4 is 17.9 Å². The van der Waals surface area contributed by atoms with Crippen molar-refractivity contribution in [3.8, 4) is 5.75 Å². The Bertz CT molecular complexity index is 812. The lowest BCUT2D eigenvalue weighted by Crippen LogP contribution is -2.35. The summed E-state index contributed by atoms with van der Waals surface area (Å²) in [6.45, 7) is 5.77. The molecule has 2 aromatic rings. The van der Waals surface area contributed by atoms with Gasteiger partial charge >= 0.3 is 0 Å². The molecule has 0 radical (unpaired) electrons. The molecule has 5 heteroatoms. The quantitative estimate of drug-likeness (QED) is 0.819. The average Bonchev–Trinajstić information content (AvgIpc) is 2.90. The summed E-state index contributed by atoms with van der Waals surface area (Å²) in [5.74, 6) is 0.827. The Labute approximate surface area is 159 Å². The Morgan fingerprint density at radius 3 is 2.41 bits per heavy atom. The van der Waals surface area contributed by atoms with E-state index >= 15 is 0 Å². The van der Waals surface area contributed by atoms with Crippen LogP contribution in [0.3, 0.4) is 0 Å². The standard InChI is InChI=1S/C22H24N2O3/c1-3-17-4-8-19(9-5-17)22(26)23-13-12-21(25)24(15-14-23)16-18-6-10-20(27-2)11-7-18/h3-11H,1,12-16H2,2H3. The molecule has 3 rings (SSSR count). The van der Waals surface area contributed by atoms with Crippen LogP contribution >= 0.6 is 0 Å². The molecule has 0 saturated carbocycles. The lowest BCUT2D eigenvalue weighted by Gasteiger charge is -2.22. The second-order valence-corrected chi connectivity index (χ2v) is 6.53.